The van der Waals surface area contributed by atoms with Gasteiger partial charge in [0.2, 0.25) is 11.8 Å². The van der Waals surface area contributed by atoms with E-state index in [4.69, 9.17) is 10.2 Å². The summed E-state index contributed by atoms with van der Waals surface area (Å²) in [6.07, 6.45) is 1.55. The Kier molecular flexibility index (Phi) is 6.76. The van der Waals surface area contributed by atoms with Crippen molar-refractivity contribution >= 4 is 17.6 Å². The first-order valence-corrected chi connectivity index (χ1v) is 9.90. The number of rotatable bonds is 8. The van der Waals surface area contributed by atoms with Crippen LogP contribution in [0, 0.1) is 31.0 Å². The van der Waals surface area contributed by atoms with Gasteiger partial charge in [0.15, 0.2) is 0 Å². The maximum atomic E-state index is 13.6. The third-order valence-electron chi connectivity index (χ3n) is 5.36. The topological polar surface area (TPSA) is 117 Å². The van der Waals surface area contributed by atoms with E-state index in [0.29, 0.717) is 29.2 Å². The molecule has 9 heteroatoms. The van der Waals surface area contributed by atoms with E-state index in [1.165, 1.54) is 23.1 Å². The summed E-state index contributed by atoms with van der Waals surface area (Å²) in [6.45, 7) is 3.79. The Balaban J connectivity index is 1.84. The molecule has 0 aliphatic heterocycles. The largest absolute Gasteiger partial charge is 0.467 e. The van der Waals surface area contributed by atoms with Crippen molar-refractivity contribution in [2.75, 3.05) is 18.9 Å². The number of carbonyl (C=O) groups is 2. The van der Waals surface area contributed by atoms with Crippen LogP contribution in [0.1, 0.15) is 34.2 Å². The van der Waals surface area contributed by atoms with E-state index in [-0.39, 0.29) is 6.54 Å². The van der Waals surface area contributed by atoms with E-state index < -0.39 is 23.7 Å². The average molecular weight is 437 g/mol. The normalized spacial score (nSPS) is 11.9. The van der Waals surface area contributed by atoms with E-state index in [9.17, 15) is 19.2 Å². The summed E-state index contributed by atoms with van der Waals surface area (Å²) in [7, 11) is 1.55. The van der Waals surface area contributed by atoms with Gasteiger partial charge in [-0.2, -0.15) is 5.26 Å². The van der Waals surface area contributed by atoms with Gasteiger partial charge in [-0.05, 0) is 56.3 Å². The molecule has 3 rings (SSSR count). The Morgan fingerprint density at radius 2 is 2.06 bits per heavy atom. The molecule has 166 valence electrons. The second-order valence-corrected chi connectivity index (χ2v) is 7.53. The Hall–Kier alpha value is -3.90. The van der Waals surface area contributed by atoms with Crippen molar-refractivity contribution in [3.05, 3.63) is 76.6 Å². The lowest BCUT2D eigenvalue weighted by atomic mass is 10.0. The number of primary amides is 1. The Bertz CT molecular complexity index is 1180. The SMILES string of the molecule is Cc1c(C#N)c(NC(=O)CN(C)C(C(N)=O)c2cccc(F)c2)n(Cc2ccco2)c1C. The molecule has 2 aromatic heterocycles. The van der Waals surface area contributed by atoms with Crippen LogP contribution in [0.25, 0.3) is 0 Å². The number of benzene rings is 1. The smallest absolute Gasteiger partial charge is 0.239 e. The van der Waals surface area contributed by atoms with Crippen molar-refractivity contribution in [1.82, 2.24) is 9.47 Å². The predicted molar refractivity (Wildman–Crippen MR) is 116 cm³/mol. The molecule has 0 saturated heterocycles. The van der Waals surface area contributed by atoms with Crippen molar-refractivity contribution in [3.63, 3.8) is 0 Å². The number of nitriles is 1. The molecule has 0 aliphatic carbocycles. The number of furan rings is 1. The van der Waals surface area contributed by atoms with Crippen LogP contribution in [0.4, 0.5) is 10.2 Å². The Labute approximate surface area is 185 Å². The number of anilines is 1. The van der Waals surface area contributed by atoms with Crippen LogP contribution in [0.2, 0.25) is 0 Å². The second kappa shape index (κ2) is 9.49. The van der Waals surface area contributed by atoms with Crippen LogP contribution in [0.3, 0.4) is 0 Å². The summed E-state index contributed by atoms with van der Waals surface area (Å²) < 4.78 is 20.8. The molecule has 0 aliphatic rings. The first-order chi connectivity index (χ1) is 15.2. The summed E-state index contributed by atoms with van der Waals surface area (Å²) in [4.78, 5) is 26.3. The van der Waals surface area contributed by atoms with Crippen molar-refractivity contribution < 1.29 is 18.4 Å². The van der Waals surface area contributed by atoms with Gasteiger partial charge in [-0.25, -0.2) is 4.39 Å². The Morgan fingerprint density at radius 1 is 1.31 bits per heavy atom. The molecule has 1 atom stereocenters. The van der Waals surface area contributed by atoms with Crippen molar-refractivity contribution in [3.8, 4) is 6.07 Å². The summed E-state index contributed by atoms with van der Waals surface area (Å²) in [5.41, 5.74) is 7.78. The highest BCUT2D eigenvalue weighted by atomic mass is 19.1. The zero-order valence-electron chi connectivity index (χ0n) is 18.1. The third kappa shape index (κ3) is 4.71. The highest BCUT2D eigenvalue weighted by Crippen LogP contribution is 2.28. The molecule has 0 spiro atoms. The molecule has 0 saturated carbocycles. The van der Waals surface area contributed by atoms with E-state index in [2.05, 4.69) is 11.4 Å². The summed E-state index contributed by atoms with van der Waals surface area (Å²) in [5, 5.41) is 12.4. The number of hydrogen-bond acceptors (Lipinski definition) is 5. The molecule has 1 unspecified atom stereocenters. The number of carbonyl (C=O) groups excluding carboxylic acids is 2. The van der Waals surface area contributed by atoms with Gasteiger partial charge >= 0.3 is 0 Å². The fourth-order valence-corrected chi connectivity index (χ4v) is 3.69. The van der Waals surface area contributed by atoms with Crippen LogP contribution in [-0.4, -0.2) is 34.9 Å². The molecule has 1 aromatic carbocycles. The standard InChI is InChI=1S/C23H24FN5O3/c1-14-15(2)29(12-18-8-5-9-32-18)23(19(14)11-25)27-20(30)13-28(3)21(22(26)31)16-6-4-7-17(24)10-16/h4-10,21H,12-13H2,1-3H3,(H2,26,31)(H,27,30). The molecule has 0 fully saturated rings. The van der Waals surface area contributed by atoms with Crippen molar-refractivity contribution in [1.29, 1.82) is 5.26 Å². The number of nitrogens with one attached hydrogen (secondary N) is 1. The first-order valence-electron chi connectivity index (χ1n) is 9.90. The number of amides is 2. The zero-order valence-corrected chi connectivity index (χ0v) is 18.1. The van der Waals surface area contributed by atoms with Gasteiger partial charge in [0, 0.05) is 5.69 Å². The second-order valence-electron chi connectivity index (χ2n) is 7.53. The van der Waals surface area contributed by atoms with Gasteiger partial charge in [-0.1, -0.05) is 12.1 Å². The van der Waals surface area contributed by atoms with Gasteiger partial charge < -0.3 is 20.0 Å². The summed E-state index contributed by atoms with van der Waals surface area (Å²) >= 11 is 0. The van der Waals surface area contributed by atoms with Crippen molar-refractivity contribution in [2.24, 2.45) is 5.73 Å². The minimum atomic E-state index is -0.995. The molecular formula is C23H24FN5O3. The lowest BCUT2D eigenvalue weighted by molar-refractivity contribution is -0.124. The van der Waals surface area contributed by atoms with Crippen LogP contribution in [0.5, 0.6) is 0 Å². The third-order valence-corrected chi connectivity index (χ3v) is 5.36. The van der Waals surface area contributed by atoms with Gasteiger partial charge in [0.25, 0.3) is 0 Å². The molecule has 2 amide bonds. The predicted octanol–water partition coefficient (Wildman–Crippen LogP) is 2.85. The molecule has 0 bridgehead atoms. The number of halogens is 1. The number of likely N-dealkylation sites (N-methyl/N-ethyl adjacent to an activating group) is 1. The molecule has 3 aromatic rings. The summed E-state index contributed by atoms with van der Waals surface area (Å²) in [5.74, 6) is -0.660. The molecule has 8 nitrogen and oxygen atoms in total. The zero-order chi connectivity index (χ0) is 23.4. The van der Waals surface area contributed by atoms with Crippen LogP contribution >= 0.6 is 0 Å². The Morgan fingerprint density at radius 3 is 2.66 bits per heavy atom. The highest BCUT2D eigenvalue weighted by Gasteiger charge is 2.26. The molecule has 0 radical (unpaired) electrons. The minimum absolute atomic E-state index is 0.209. The van der Waals surface area contributed by atoms with E-state index in [1.54, 1.807) is 43.0 Å². The van der Waals surface area contributed by atoms with Gasteiger partial charge in [-0.3, -0.25) is 14.5 Å². The minimum Gasteiger partial charge on any atom is -0.467 e. The fraction of sp³-hybridized carbons (Fsp3) is 0.261. The van der Waals surface area contributed by atoms with Crippen molar-refractivity contribution in [2.45, 2.75) is 26.4 Å². The molecule has 3 N–H and O–H groups in total. The summed E-state index contributed by atoms with van der Waals surface area (Å²) in [6, 6.07) is 10.2. The molecule has 2 heterocycles. The molecule has 32 heavy (non-hydrogen) atoms. The van der Waals surface area contributed by atoms with E-state index in [0.717, 1.165) is 11.3 Å². The van der Waals surface area contributed by atoms with E-state index in [1.807, 2.05) is 6.92 Å². The lowest BCUT2D eigenvalue weighted by Crippen LogP contribution is -2.40. The first kappa shape index (κ1) is 22.8. The lowest BCUT2D eigenvalue weighted by Gasteiger charge is -2.25. The fourth-order valence-electron chi connectivity index (χ4n) is 3.69. The van der Waals surface area contributed by atoms with Gasteiger partial charge in [0.1, 0.15) is 29.5 Å². The maximum Gasteiger partial charge on any atom is 0.239 e. The van der Waals surface area contributed by atoms with Gasteiger partial charge in [0.05, 0.1) is 24.9 Å². The molecular weight excluding hydrogens is 413 g/mol. The monoisotopic (exact) mass is 437 g/mol. The van der Waals surface area contributed by atoms with Crippen LogP contribution in [-0.2, 0) is 16.1 Å². The highest BCUT2D eigenvalue weighted by molar-refractivity contribution is 5.94. The maximum absolute atomic E-state index is 13.6. The van der Waals surface area contributed by atoms with Crippen LogP contribution < -0.4 is 11.1 Å². The quantitative estimate of drug-likeness (QED) is 0.562. The number of hydrogen-bond donors (Lipinski definition) is 2. The van der Waals surface area contributed by atoms with Crippen LogP contribution in [0.15, 0.2) is 47.1 Å². The number of nitrogens with two attached hydrogens (primary N) is 1. The number of aromatic nitrogens is 1. The average Bonchev–Trinajstić information content (AvgIpc) is 3.31. The van der Waals surface area contributed by atoms with E-state index >= 15 is 0 Å². The van der Waals surface area contributed by atoms with Gasteiger partial charge in [-0.15, -0.1) is 0 Å². The number of nitrogens with zero attached hydrogens (tertiary/aromatic N) is 3.